The summed E-state index contributed by atoms with van der Waals surface area (Å²) >= 11 is 0. The fraction of sp³-hybridized carbons (Fsp3) is 0.842. The molecule has 2 fully saturated rings. The van der Waals surface area contributed by atoms with E-state index in [1.165, 1.54) is 38.5 Å². The molecule has 0 amide bonds. The fourth-order valence-corrected chi connectivity index (χ4v) is 4.93. The molecular weight excluding hydrogens is 260 g/mol. The van der Waals surface area contributed by atoms with Crippen molar-refractivity contribution in [3.63, 3.8) is 0 Å². The molecule has 2 aliphatic rings. The molecule has 0 aromatic rings. The Morgan fingerprint density at radius 3 is 2.29 bits per heavy atom. The summed E-state index contributed by atoms with van der Waals surface area (Å²) in [5.74, 6) is 0.968. The van der Waals surface area contributed by atoms with Crippen molar-refractivity contribution in [1.82, 2.24) is 0 Å². The Morgan fingerprint density at radius 2 is 1.76 bits per heavy atom. The minimum Gasteiger partial charge on any atom is -0.455 e. The maximum Gasteiger partial charge on any atom is 0.333 e. The van der Waals surface area contributed by atoms with E-state index in [0.29, 0.717) is 17.4 Å². The third-order valence-corrected chi connectivity index (χ3v) is 5.37. The van der Waals surface area contributed by atoms with E-state index in [9.17, 15) is 4.79 Å². The molecular formula is C19H32O2. The summed E-state index contributed by atoms with van der Waals surface area (Å²) in [5.41, 5.74) is 0.531. The van der Waals surface area contributed by atoms with Crippen molar-refractivity contribution >= 4 is 5.97 Å². The van der Waals surface area contributed by atoms with Crippen molar-refractivity contribution < 1.29 is 9.53 Å². The third-order valence-electron chi connectivity index (χ3n) is 5.37. The summed E-state index contributed by atoms with van der Waals surface area (Å²) < 4.78 is 6.15. The lowest BCUT2D eigenvalue weighted by molar-refractivity contribution is -0.179. The van der Waals surface area contributed by atoms with Crippen LogP contribution in [0.4, 0.5) is 0 Å². The molecule has 0 heterocycles. The quantitative estimate of drug-likeness (QED) is 0.523. The van der Waals surface area contributed by atoms with Crippen LogP contribution in [0.25, 0.3) is 0 Å². The Hall–Kier alpha value is -0.790. The van der Waals surface area contributed by atoms with Crippen LogP contribution in [0.15, 0.2) is 12.2 Å². The van der Waals surface area contributed by atoms with E-state index in [2.05, 4.69) is 27.4 Å². The summed E-state index contributed by atoms with van der Waals surface area (Å²) in [6.45, 7) is 12.5. The summed E-state index contributed by atoms with van der Waals surface area (Å²) in [6, 6.07) is 0. The topological polar surface area (TPSA) is 26.3 Å². The van der Waals surface area contributed by atoms with Gasteiger partial charge in [-0.2, -0.15) is 0 Å². The van der Waals surface area contributed by atoms with Gasteiger partial charge in [0.2, 0.25) is 0 Å². The van der Waals surface area contributed by atoms with Crippen LogP contribution in [-0.4, -0.2) is 11.6 Å². The number of rotatable bonds is 3. The van der Waals surface area contributed by atoms with Crippen LogP contribution in [0.3, 0.4) is 0 Å². The van der Waals surface area contributed by atoms with Gasteiger partial charge in [0.25, 0.3) is 0 Å². The maximum atomic E-state index is 12.3. The molecule has 0 saturated heterocycles. The van der Waals surface area contributed by atoms with Gasteiger partial charge in [0, 0.05) is 5.57 Å². The number of hydrogen-bond acceptors (Lipinski definition) is 2. The molecule has 0 bridgehead atoms. The summed E-state index contributed by atoms with van der Waals surface area (Å²) in [5, 5.41) is 0. The summed E-state index contributed by atoms with van der Waals surface area (Å²) in [6.07, 6.45) is 9.59. The van der Waals surface area contributed by atoms with Crippen LogP contribution < -0.4 is 0 Å². The van der Waals surface area contributed by atoms with Gasteiger partial charge >= 0.3 is 5.97 Å². The second kappa shape index (κ2) is 6.14. The first-order valence-electron chi connectivity index (χ1n) is 8.63. The van der Waals surface area contributed by atoms with Gasteiger partial charge in [0.15, 0.2) is 0 Å². The van der Waals surface area contributed by atoms with Crippen LogP contribution in [0.2, 0.25) is 0 Å². The van der Waals surface area contributed by atoms with Crippen molar-refractivity contribution in [1.29, 1.82) is 0 Å². The van der Waals surface area contributed by atoms with Crippen molar-refractivity contribution in [3.05, 3.63) is 12.2 Å². The number of hydrogen-bond donors (Lipinski definition) is 0. The molecule has 21 heavy (non-hydrogen) atoms. The minimum absolute atomic E-state index is 0.189. The highest BCUT2D eigenvalue weighted by Crippen LogP contribution is 2.52. The zero-order chi connectivity index (χ0) is 15.7. The Labute approximate surface area is 130 Å². The molecule has 2 aliphatic carbocycles. The van der Waals surface area contributed by atoms with E-state index >= 15 is 0 Å². The van der Waals surface area contributed by atoms with Gasteiger partial charge in [-0.15, -0.1) is 0 Å². The lowest BCUT2D eigenvalue weighted by atomic mass is 9.59. The average molecular weight is 292 g/mol. The maximum absolute atomic E-state index is 12.3. The lowest BCUT2D eigenvalue weighted by Crippen LogP contribution is -2.51. The number of esters is 1. The van der Waals surface area contributed by atoms with Crippen LogP contribution in [0.1, 0.15) is 79.1 Å². The molecule has 2 rings (SSSR count). The van der Waals surface area contributed by atoms with Crippen LogP contribution >= 0.6 is 0 Å². The van der Waals surface area contributed by atoms with Crippen LogP contribution in [0.5, 0.6) is 0 Å². The predicted molar refractivity (Wildman–Crippen MR) is 87.0 cm³/mol. The first-order chi connectivity index (χ1) is 9.74. The van der Waals surface area contributed by atoms with Gasteiger partial charge in [0.1, 0.15) is 5.60 Å². The zero-order valence-electron chi connectivity index (χ0n) is 14.3. The molecule has 2 saturated carbocycles. The van der Waals surface area contributed by atoms with Gasteiger partial charge in [-0.05, 0) is 56.3 Å². The summed E-state index contributed by atoms with van der Waals surface area (Å²) in [4.78, 5) is 12.3. The van der Waals surface area contributed by atoms with Crippen molar-refractivity contribution in [3.8, 4) is 0 Å². The molecule has 0 spiro atoms. The van der Waals surface area contributed by atoms with E-state index in [0.717, 1.165) is 12.8 Å². The third kappa shape index (κ3) is 3.90. The van der Waals surface area contributed by atoms with Crippen LogP contribution in [-0.2, 0) is 9.53 Å². The number of carbonyl (C=O) groups excluding carboxylic acids is 1. The number of carbonyl (C=O) groups is 1. The minimum atomic E-state index is -0.252. The first kappa shape index (κ1) is 16.6. The standard InChI is InChI=1S/C19H32O2/c1-14(2)17(20)21-19(16-9-7-6-8-10-16)12-15(3)11-18(4,5)13-19/h15-16H,1,6-13H2,2-5H3. The normalized spacial score (nSPS) is 33.4. The predicted octanol–water partition coefficient (Wildman–Crippen LogP) is 5.27. The van der Waals surface area contributed by atoms with Gasteiger partial charge in [-0.3, -0.25) is 0 Å². The van der Waals surface area contributed by atoms with E-state index in [-0.39, 0.29) is 17.0 Å². The first-order valence-corrected chi connectivity index (χ1v) is 8.63. The van der Waals surface area contributed by atoms with Gasteiger partial charge in [-0.1, -0.05) is 46.6 Å². The van der Waals surface area contributed by atoms with Crippen LogP contribution in [0, 0.1) is 17.3 Å². The van der Waals surface area contributed by atoms with E-state index in [4.69, 9.17) is 4.74 Å². The molecule has 2 heteroatoms. The van der Waals surface area contributed by atoms with Crippen molar-refractivity contribution in [2.45, 2.75) is 84.7 Å². The highest BCUT2D eigenvalue weighted by molar-refractivity contribution is 5.87. The Bertz CT molecular complexity index is 404. The molecule has 0 N–H and O–H groups in total. The van der Waals surface area contributed by atoms with Crippen molar-refractivity contribution in [2.24, 2.45) is 17.3 Å². The molecule has 0 aliphatic heterocycles. The fourth-order valence-electron chi connectivity index (χ4n) is 4.93. The van der Waals surface area contributed by atoms with Gasteiger partial charge in [-0.25, -0.2) is 4.79 Å². The zero-order valence-corrected chi connectivity index (χ0v) is 14.3. The molecule has 0 aromatic carbocycles. The molecule has 0 radical (unpaired) electrons. The second-order valence-electron chi connectivity index (χ2n) is 8.42. The highest BCUT2D eigenvalue weighted by atomic mass is 16.6. The van der Waals surface area contributed by atoms with E-state index < -0.39 is 0 Å². The lowest BCUT2D eigenvalue weighted by Gasteiger charge is -2.51. The average Bonchev–Trinajstić information content (AvgIpc) is 2.37. The monoisotopic (exact) mass is 292 g/mol. The molecule has 0 aromatic heterocycles. The Balaban J connectivity index is 2.28. The number of ether oxygens (including phenoxy) is 1. The molecule has 120 valence electrons. The van der Waals surface area contributed by atoms with Gasteiger partial charge in [0.05, 0.1) is 0 Å². The largest absolute Gasteiger partial charge is 0.455 e. The molecule has 2 unspecified atom stereocenters. The Morgan fingerprint density at radius 1 is 1.14 bits per heavy atom. The Kier molecular flexibility index (Phi) is 4.85. The van der Waals surface area contributed by atoms with E-state index in [1.807, 2.05) is 0 Å². The van der Waals surface area contributed by atoms with Crippen molar-refractivity contribution in [2.75, 3.05) is 0 Å². The summed E-state index contributed by atoms with van der Waals surface area (Å²) in [7, 11) is 0. The second-order valence-corrected chi connectivity index (χ2v) is 8.42. The SMILES string of the molecule is C=C(C)C(=O)OC1(C2CCCCC2)CC(C)CC(C)(C)C1. The van der Waals surface area contributed by atoms with E-state index in [1.54, 1.807) is 6.92 Å². The van der Waals surface area contributed by atoms with Gasteiger partial charge < -0.3 is 4.74 Å². The highest BCUT2D eigenvalue weighted by Gasteiger charge is 2.50. The molecule has 2 nitrogen and oxygen atoms in total. The smallest absolute Gasteiger partial charge is 0.333 e. The molecule has 2 atom stereocenters.